The van der Waals surface area contributed by atoms with Crippen molar-refractivity contribution in [2.45, 2.75) is 0 Å². The van der Waals surface area contributed by atoms with E-state index in [1.807, 2.05) is 0 Å². The number of rotatable bonds is 4. The van der Waals surface area contributed by atoms with Crippen molar-refractivity contribution in [2.75, 3.05) is 14.2 Å². The fraction of sp³-hybridized carbons (Fsp3) is 0.222. The Labute approximate surface area is 101 Å². The van der Waals surface area contributed by atoms with Gasteiger partial charge in [-0.05, 0) is 10.4 Å². The predicted molar refractivity (Wildman–Crippen MR) is 58.9 cm³/mol. The zero-order valence-electron chi connectivity index (χ0n) is 9.60. The Kier molecular flexibility index (Phi) is 3.04. The van der Waals surface area contributed by atoms with Crippen molar-refractivity contribution in [2.24, 2.45) is 0 Å². The predicted octanol–water partition coefficient (Wildman–Crippen LogP) is 0.588. The van der Waals surface area contributed by atoms with Gasteiger partial charge < -0.3 is 9.47 Å². The summed E-state index contributed by atoms with van der Waals surface area (Å²) in [6, 6.07) is 2.70. The van der Waals surface area contributed by atoms with Gasteiger partial charge >= 0.3 is 5.69 Å². The molecule has 1 heterocycles. The van der Waals surface area contributed by atoms with Crippen molar-refractivity contribution in [1.82, 2.24) is 20.2 Å². The molecule has 0 atom stereocenters. The third-order valence-electron chi connectivity index (χ3n) is 2.27. The summed E-state index contributed by atoms with van der Waals surface area (Å²) >= 11 is 0. The zero-order valence-corrected chi connectivity index (χ0v) is 9.60. The van der Waals surface area contributed by atoms with Crippen LogP contribution in [-0.4, -0.2) is 39.4 Å². The highest BCUT2D eigenvalue weighted by molar-refractivity contribution is 5.60. The second kappa shape index (κ2) is 4.65. The molecule has 0 unspecified atom stereocenters. The highest BCUT2D eigenvalue weighted by Crippen LogP contribution is 2.35. The molecule has 2 rings (SSSR count). The van der Waals surface area contributed by atoms with Crippen molar-refractivity contribution in [1.29, 1.82) is 0 Å². The largest absolute Gasteiger partial charge is 0.494 e. The first-order valence-electron chi connectivity index (χ1n) is 4.81. The Bertz CT molecular complexity index is 569. The van der Waals surface area contributed by atoms with Crippen LogP contribution in [0.1, 0.15) is 0 Å². The summed E-state index contributed by atoms with van der Waals surface area (Å²) in [5.41, 5.74) is 0.260. The van der Waals surface area contributed by atoms with Gasteiger partial charge in [0, 0.05) is 6.07 Å². The standard InChI is InChI=1S/C9H9N5O4/c1-17-8-4-7(14(15)16)9(18-2)3-6(8)13-5-10-11-12-13/h3-5H,1-2H3. The quantitative estimate of drug-likeness (QED) is 0.578. The average molecular weight is 251 g/mol. The van der Waals surface area contributed by atoms with Crippen LogP contribution >= 0.6 is 0 Å². The number of methoxy groups -OCH3 is 2. The van der Waals surface area contributed by atoms with Gasteiger partial charge in [-0.25, -0.2) is 0 Å². The van der Waals surface area contributed by atoms with Gasteiger partial charge in [0.25, 0.3) is 0 Å². The fourth-order valence-corrected chi connectivity index (χ4v) is 1.46. The molecule has 0 fully saturated rings. The Hall–Kier alpha value is -2.71. The zero-order chi connectivity index (χ0) is 13.1. The molecular weight excluding hydrogens is 242 g/mol. The maximum atomic E-state index is 10.9. The van der Waals surface area contributed by atoms with E-state index in [2.05, 4.69) is 15.5 Å². The lowest BCUT2D eigenvalue weighted by Gasteiger charge is -2.09. The van der Waals surface area contributed by atoms with E-state index >= 15 is 0 Å². The third kappa shape index (κ3) is 1.93. The van der Waals surface area contributed by atoms with Crippen LogP contribution in [0.25, 0.3) is 5.69 Å². The third-order valence-corrected chi connectivity index (χ3v) is 2.27. The molecule has 0 amide bonds. The van der Waals surface area contributed by atoms with Crippen molar-refractivity contribution in [3.63, 3.8) is 0 Å². The minimum atomic E-state index is -0.551. The van der Waals surface area contributed by atoms with Crippen molar-refractivity contribution in [3.8, 4) is 17.2 Å². The number of tetrazole rings is 1. The number of benzene rings is 1. The molecule has 0 radical (unpaired) electrons. The minimum absolute atomic E-state index is 0.103. The van der Waals surface area contributed by atoms with Gasteiger partial charge in [-0.15, -0.1) is 5.10 Å². The van der Waals surface area contributed by atoms with Crippen LogP contribution in [0, 0.1) is 10.1 Å². The number of hydrogen-bond donors (Lipinski definition) is 0. The van der Waals surface area contributed by atoms with Crippen molar-refractivity contribution < 1.29 is 14.4 Å². The van der Waals surface area contributed by atoms with E-state index in [0.717, 1.165) is 0 Å². The van der Waals surface area contributed by atoms with Gasteiger partial charge in [0.2, 0.25) is 0 Å². The van der Waals surface area contributed by atoms with E-state index in [-0.39, 0.29) is 17.2 Å². The molecule has 0 N–H and O–H groups in total. The molecule has 0 aliphatic carbocycles. The van der Waals surface area contributed by atoms with E-state index in [9.17, 15) is 10.1 Å². The molecule has 0 bridgehead atoms. The Morgan fingerprint density at radius 1 is 1.28 bits per heavy atom. The number of ether oxygens (including phenoxy) is 2. The van der Waals surface area contributed by atoms with Crippen LogP contribution in [0.3, 0.4) is 0 Å². The molecule has 1 aromatic heterocycles. The molecule has 18 heavy (non-hydrogen) atoms. The summed E-state index contributed by atoms with van der Waals surface area (Å²) in [6.45, 7) is 0. The summed E-state index contributed by atoms with van der Waals surface area (Å²) < 4.78 is 11.4. The maximum absolute atomic E-state index is 10.9. The maximum Gasteiger partial charge on any atom is 0.314 e. The number of hydrogen-bond acceptors (Lipinski definition) is 7. The summed E-state index contributed by atoms with van der Waals surface area (Å²) in [4.78, 5) is 10.3. The number of nitrogens with zero attached hydrogens (tertiary/aromatic N) is 5. The first-order valence-corrected chi connectivity index (χ1v) is 4.81. The molecule has 9 heteroatoms. The van der Waals surface area contributed by atoms with Gasteiger partial charge in [0.1, 0.15) is 12.0 Å². The number of aromatic nitrogens is 4. The van der Waals surface area contributed by atoms with Crippen LogP contribution in [0.5, 0.6) is 11.5 Å². The molecule has 9 nitrogen and oxygen atoms in total. The summed E-state index contributed by atoms with van der Waals surface area (Å²) in [6.07, 6.45) is 1.35. The van der Waals surface area contributed by atoms with E-state index < -0.39 is 4.92 Å². The monoisotopic (exact) mass is 251 g/mol. The lowest BCUT2D eigenvalue weighted by Crippen LogP contribution is -2.02. The second-order valence-electron chi connectivity index (χ2n) is 3.21. The lowest BCUT2D eigenvalue weighted by molar-refractivity contribution is -0.385. The smallest absolute Gasteiger partial charge is 0.314 e. The van der Waals surface area contributed by atoms with E-state index in [1.165, 1.54) is 37.4 Å². The topological polar surface area (TPSA) is 105 Å². The fourth-order valence-electron chi connectivity index (χ4n) is 1.46. The number of nitro benzene ring substituents is 1. The van der Waals surface area contributed by atoms with Crippen molar-refractivity contribution in [3.05, 3.63) is 28.6 Å². The molecular formula is C9H9N5O4. The highest BCUT2D eigenvalue weighted by Gasteiger charge is 2.20. The van der Waals surface area contributed by atoms with Gasteiger partial charge in [0.05, 0.1) is 25.2 Å². The molecule has 2 aromatic rings. The van der Waals surface area contributed by atoms with Gasteiger partial charge in [0.15, 0.2) is 11.5 Å². The van der Waals surface area contributed by atoms with Crippen LogP contribution in [0.2, 0.25) is 0 Å². The molecule has 0 aliphatic rings. The normalized spacial score (nSPS) is 10.1. The number of nitro groups is 1. The molecule has 0 saturated heterocycles. The van der Waals surface area contributed by atoms with E-state index in [1.54, 1.807) is 0 Å². The van der Waals surface area contributed by atoms with Gasteiger partial charge in [-0.3, -0.25) is 10.1 Å². The minimum Gasteiger partial charge on any atom is -0.494 e. The Morgan fingerprint density at radius 2 is 2.00 bits per heavy atom. The summed E-state index contributed by atoms with van der Waals surface area (Å²) in [5, 5.41) is 21.5. The Morgan fingerprint density at radius 3 is 2.50 bits per heavy atom. The van der Waals surface area contributed by atoms with E-state index in [0.29, 0.717) is 5.69 Å². The Balaban J connectivity index is 2.64. The first-order chi connectivity index (χ1) is 8.67. The van der Waals surface area contributed by atoms with Crippen LogP contribution in [0.4, 0.5) is 5.69 Å². The average Bonchev–Trinajstić information content (AvgIpc) is 2.90. The lowest BCUT2D eigenvalue weighted by atomic mass is 10.2. The van der Waals surface area contributed by atoms with Gasteiger partial charge in [-0.2, -0.15) is 4.68 Å². The van der Waals surface area contributed by atoms with E-state index in [4.69, 9.17) is 9.47 Å². The molecule has 0 saturated carbocycles. The van der Waals surface area contributed by atoms with Crippen LogP contribution in [0.15, 0.2) is 18.5 Å². The van der Waals surface area contributed by atoms with Crippen LogP contribution in [-0.2, 0) is 0 Å². The molecule has 0 aliphatic heterocycles. The van der Waals surface area contributed by atoms with Crippen LogP contribution < -0.4 is 9.47 Å². The first kappa shape index (κ1) is 11.8. The molecule has 0 spiro atoms. The van der Waals surface area contributed by atoms with Gasteiger partial charge in [-0.1, -0.05) is 0 Å². The molecule has 1 aromatic carbocycles. The summed E-state index contributed by atoms with van der Waals surface area (Å²) in [7, 11) is 2.75. The SMILES string of the molecule is COc1cc([N+](=O)[O-])c(OC)cc1-n1cnnn1. The summed E-state index contributed by atoms with van der Waals surface area (Å²) in [5.74, 6) is 0.376. The second-order valence-corrected chi connectivity index (χ2v) is 3.21. The highest BCUT2D eigenvalue weighted by atomic mass is 16.6. The molecule has 94 valence electrons. The van der Waals surface area contributed by atoms with Crippen molar-refractivity contribution >= 4 is 5.69 Å².